The van der Waals surface area contributed by atoms with Crippen molar-refractivity contribution in [1.82, 2.24) is 0 Å². The van der Waals surface area contributed by atoms with Crippen LogP contribution in [0.1, 0.15) is 64.5 Å². The summed E-state index contributed by atoms with van der Waals surface area (Å²) in [6, 6.07) is 12.9. The summed E-state index contributed by atoms with van der Waals surface area (Å²) in [7, 11) is 0. The zero-order valence-corrected chi connectivity index (χ0v) is 16.9. The number of hydrogen-bond acceptors (Lipinski definition) is 1. The van der Waals surface area contributed by atoms with Crippen molar-refractivity contribution in [1.29, 1.82) is 0 Å². The molecule has 1 aliphatic rings. The summed E-state index contributed by atoms with van der Waals surface area (Å²) >= 11 is -3.37. The van der Waals surface area contributed by atoms with Gasteiger partial charge in [0.2, 0.25) is 0 Å². The Labute approximate surface area is 142 Å². The van der Waals surface area contributed by atoms with Crippen LogP contribution in [0.5, 0.6) is 0 Å². The molecular formula is C21H27AsO. The van der Waals surface area contributed by atoms with E-state index in [-0.39, 0.29) is 4.71 Å². The molecule has 1 heterocycles. The molecule has 0 aromatic heterocycles. The Balaban J connectivity index is 2.47. The second kappa shape index (κ2) is 5.71. The quantitative estimate of drug-likeness (QED) is 0.709. The van der Waals surface area contributed by atoms with Gasteiger partial charge in [0.15, 0.2) is 0 Å². The molecule has 2 heteroatoms. The molecule has 0 fully saturated rings. The fraction of sp³-hybridized carbons (Fsp3) is 0.429. The van der Waals surface area contributed by atoms with Gasteiger partial charge in [0.1, 0.15) is 0 Å². The van der Waals surface area contributed by atoms with E-state index in [9.17, 15) is 3.74 Å². The van der Waals surface area contributed by atoms with Gasteiger partial charge in [-0.2, -0.15) is 0 Å². The van der Waals surface area contributed by atoms with Crippen molar-refractivity contribution in [2.24, 2.45) is 0 Å². The number of fused-ring (bicyclic) bond motifs is 3. The van der Waals surface area contributed by atoms with E-state index in [1.54, 1.807) is 0 Å². The molecule has 23 heavy (non-hydrogen) atoms. The van der Waals surface area contributed by atoms with Crippen LogP contribution in [-0.2, 0) is 3.74 Å². The summed E-state index contributed by atoms with van der Waals surface area (Å²) in [5.41, 5.74) is 5.15. The number of hydrogen-bond donors (Lipinski definition) is 0. The molecule has 0 aliphatic carbocycles. The first-order chi connectivity index (χ1) is 10.8. The number of benzene rings is 2. The standard InChI is InChI=1S/C21H27AsO/c1-13(2)16-11-12-18-17-9-7-8-10-19(17)22(23,15(5)6)21(18)20(16)14(3)4/h7-15H,1-6H3. The van der Waals surface area contributed by atoms with Gasteiger partial charge in [-0.05, 0) is 0 Å². The topological polar surface area (TPSA) is 17.1 Å². The summed E-state index contributed by atoms with van der Waals surface area (Å²) in [4.78, 5) is 0. The van der Waals surface area contributed by atoms with Crippen LogP contribution in [0.4, 0.5) is 0 Å². The molecule has 0 saturated heterocycles. The zero-order chi connectivity index (χ0) is 16.9. The molecule has 0 saturated carbocycles. The van der Waals surface area contributed by atoms with Crippen LogP contribution in [0.25, 0.3) is 11.1 Å². The third-order valence-corrected chi connectivity index (χ3v) is 12.8. The molecule has 1 nitrogen and oxygen atoms in total. The molecule has 0 bridgehead atoms. The van der Waals surface area contributed by atoms with Crippen molar-refractivity contribution in [3.63, 3.8) is 0 Å². The van der Waals surface area contributed by atoms with E-state index in [0.717, 1.165) is 4.35 Å². The van der Waals surface area contributed by atoms with Crippen molar-refractivity contribution < 1.29 is 3.74 Å². The van der Waals surface area contributed by atoms with Crippen LogP contribution >= 0.6 is 0 Å². The van der Waals surface area contributed by atoms with E-state index < -0.39 is 13.5 Å². The van der Waals surface area contributed by atoms with Crippen LogP contribution in [-0.4, -0.2) is 13.5 Å². The minimum atomic E-state index is -3.37. The Morgan fingerprint density at radius 3 is 2.00 bits per heavy atom. The van der Waals surface area contributed by atoms with Crippen molar-refractivity contribution in [2.45, 2.75) is 58.1 Å². The van der Waals surface area contributed by atoms with E-state index in [4.69, 9.17) is 0 Å². The molecule has 0 amide bonds. The Morgan fingerprint density at radius 1 is 0.783 bits per heavy atom. The van der Waals surface area contributed by atoms with Gasteiger partial charge in [0.25, 0.3) is 0 Å². The van der Waals surface area contributed by atoms with Gasteiger partial charge in [0.05, 0.1) is 0 Å². The van der Waals surface area contributed by atoms with Gasteiger partial charge >= 0.3 is 143 Å². The van der Waals surface area contributed by atoms with Crippen molar-refractivity contribution in [3.05, 3.63) is 47.5 Å². The van der Waals surface area contributed by atoms with E-state index in [2.05, 4.69) is 71.9 Å². The second-order valence-electron chi connectivity index (χ2n) is 7.54. The van der Waals surface area contributed by atoms with Crippen LogP contribution in [0.3, 0.4) is 0 Å². The van der Waals surface area contributed by atoms with Crippen molar-refractivity contribution >= 4 is 22.2 Å². The molecule has 1 aliphatic heterocycles. The van der Waals surface area contributed by atoms with Crippen LogP contribution in [0.15, 0.2) is 36.4 Å². The molecule has 1 atom stereocenters. The van der Waals surface area contributed by atoms with Crippen LogP contribution in [0, 0.1) is 0 Å². The molecule has 1 unspecified atom stereocenters. The fourth-order valence-corrected chi connectivity index (χ4v) is 11.2. The van der Waals surface area contributed by atoms with Gasteiger partial charge in [-0.1, -0.05) is 0 Å². The van der Waals surface area contributed by atoms with Gasteiger partial charge in [-0.15, -0.1) is 0 Å². The van der Waals surface area contributed by atoms with E-state index in [1.807, 2.05) is 6.07 Å². The minimum absolute atomic E-state index is 0.190. The van der Waals surface area contributed by atoms with Gasteiger partial charge in [-0.3, -0.25) is 0 Å². The third kappa shape index (κ3) is 2.28. The monoisotopic (exact) mass is 370 g/mol. The Kier molecular flexibility index (Phi) is 4.13. The van der Waals surface area contributed by atoms with Crippen molar-refractivity contribution in [2.75, 3.05) is 0 Å². The van der Waals surface area contributed by atoms with Gasteiger partial charge in [0, 0.05) is 0 Å². The molecule has 122 valence electrons. The van der Waals surface area contributed by atoms with E-state index >= 15 is 0 Å². The maximum absolute atomic E-state index is 14.3. The third-order valence-electron chi connectivity index (χ3n) is 5.06. The first-order valence-corrected chi connectivity index (χ1v) is 12.4. The Morgan fingerprint density at radius 2 is 1.43 bits per heavy atom. The predicted octanol–water partition coefficient (Wildman–Crippen LogP) is 4.81. The molecule has 0 N–H and O–H groups in total. The maximum atomic E-state index is 14.3. The second-order valence-corrected chi connectivity index (χ2v) is 14.4. The summed E-state index contributed by atoms with van der Waals surface area (Å²) in [6.45, 7) is 13.2. The summed E-state index contributed by atoms with van der Waals surface area (Å²) in [6.07, 6.45) is 0. The van der Waals surface area contributed by atoms with Gasteiger partial charge in [-0.25, -0.2) is 0 Å². The first-order valence-electron chi connectivity index (χ1n) is 8.67. The molecule has 3 rings (SSSR count). The molecular weight excluding hydrogens is 343 g/mol. The number of rotatable bonds is 3. The molecule has 2 aromatic carbocycles. The van der Waals surface area contributed by atoms with Crippen LogP contribution < -0.4 is 8.70 Å². The average Bonchev–Trinajstić information content (AvgIpc) is 2.77. The molecule has 2 aromatic rings. The molecule has 0 radical (unpaired) electrons. The van der Waals surface area contributed by atoms with Gasteiger partial charge < -0.3 is 0 Å². The SMILES string of the molecule is CC(C)c1ccc2c(c1C(C)C)[As](=O)(C(C)C)c1ccccc1-2. The normalized spacial score (nSPS) is 19.5. The Hall–Kier alpha value is -1.20. The summed E-state index contributed by atoms with van der Waals surface area (Å²) < 4.78 is 16.8. The van der Waals surface area contributed by atoms with Crippen LogP contribution in [0.2, 0.25) is 4.71 Å². The predicted molar refractivity (Wildman–Crippen MR) is 101 cm³/mol. The summed E-state index contributed by atoms with van der Waals surface area (Å²) in [5, 5.41) is 0. The Bertz CT molecular complexity index is 799. The summed E-state index contributed by atoms with van der Waals surface area (Å²) in [5.74, 6) is 0.850. The average molecular weight is 370 g/mol. The molecule has 0 spiro atoms. The van der Waals surface area contributed by atoms with E-state index in [0.29, 0.717) is 11.8 Å². The first kappa shape index (κ1) is 16.6. The fourth-order valence-electron chi connectivity index (χ4n) is 3.96. The van der Waals surface area contributed by atoms with E-state index in [1.165, 1.54) is 26.6 Å². The zero-order valence-electron chi connectivity index (χ0n) is 15.1. The van der Waals surface area contributed by atoms with Crippen molar-refractivity contribution in [3.8, 4) is 11.1 Å².